The van der Waals surface area contributed by atoms with E-state index in [0.29, 0.717) is 25.0 Å². The molecule has 4 heterocycles. The molecule has 0 unspecified atom stereocenters. The zero-order chi connectivity index (χ0) is 20.0. The number of nitrogens with zero attached hydrogens (tertiary/aromatic N) is 4. The first-order chi connectivity index (χ1) is 14.1. The molecule has 3 aromatic rings. The molecule has 1 aliphatic carbocycles. The molecule has 29 heavy (non-hydrogen) atoms. The van der Waals surface area contributed by atoms with E-state index in [-0.39, 0.29) is 12.5 Å². The van der Waals surface area contributed by atoms with Gasteiger partial charge < -0.3 is 15.0 Å². The van der Waals surface area contributed by atoms with Gasteiger partial charge >= 0.3 is 5.97 Å². The molecule has 3 aromatic heterocycles. The average Bonchev–Trinajstić information content (AvgIpc) is 3.36. The Bertz CT molecular complexity index is 1070. The molecule has 0 amide bonds. The van der Waals surface area contributed by atoms with E-state index in [1.54, 1.807) is 6.20 Å². The Balaban J connectivity index is 1.38. The fraction of sp³-hybridized carbons (Fsp3) is 0.526. The Labute approximate surface area is 165 Å². The maximum absolute atomic E-state index is 11.8. The molecule has 2 aliphatic rings. The van der Waals surface area contributed by atoms with Gasteiger partial charge in [-0.2, -0.15) is 0 Å². The van der Waals surface area contributed by atoms with Gasteiger partial charge in [0.2, 0.25) is 0 Å². The molecule has 0 bridgehead atoms. The highest BCUT2D eigenvalue weighted by Gasteiger charge is 2.45. The first kappa shape index (κ1) is 18.2. The second kappa shape index (κ2) is 6.89. The number of hydrogen-bond donors (Lipinski definition) is 2. The molecule has 5 rings (SSSR count). The van der Waals surface area contributed by atoms with Crippen molar-refractivity contribution >= 4 is 22.8 Å². The van der Waals surface area contributed by atoms with E-state index < -0.39 is 11.5 Å². The Morgan fingerprint density at radius 1 is 1.41 bits per heavy atom. The molecule has 1 aliphatic heterocycles. The summed E-state index contributed by atoms with van der Waals surface area (Å²) in [5.74, 6) is 0.128. The predicted octanol–water partition coefficient (Wildman–Crippen LogP) is 2.07. The third-order valence-corrected chi connectivity index (χ3v) is 6.22. The van der Waals surface area contributed by atoms with E-state index in [1.807, 2.05) is 18.5 Å². The van der Waals surface area contributed by atoms with Gasteiger partial charge in [-0.15, -0.1) is 4.91 Å². The summed E-state index contributed by atoms with van der Waals surface area (Å²) < 4.78 is 7.53. The van der Waals surface area contributed by atoms with Crippen molar-refractivity contribution in [2.24, 2.45) is 11.3 Å². The molecule has 152 valence electrons. The Hall–Kier alpha value is -2.85. The number of fused-ring (bicyclic) bond motifs is 3. The van der Waals surface area contributed by atoms with Crippen molar-refractivity contribution in [1.82, 2.24) is 24.7 Å². The van der Waals surface area contributed by atoms with Crippen molar-refractivity contribution in [3.8, 4) is 0 Å². The third-order valence-electron chi connectivity index (χ3n) is 6.22. The summed E-state index contributed by atoms with van der Waals surface area (Å²) in [4.78, 5) is 38.3. The van der Waals surface area contributed by atoms with E-state index in [9.17, 15) is 9.70 Å². The molecule has 10 nitrogen and oxygen atoms in total. The summed E-state index contributed by atoms with van der Waals surface area (Å²) in [7, 11) is 0. The van der Waals surface area contributed by atoms with Gasteiger partial charge in [0.1, 0.15) is 0 Å². The molecule has 1 saturated carbocycles. The quantitative estimate of drug-likeness (QED) is 0.481. The summed E-state index contributed by atoms with van der Waals surface area (Å²) in [6.45, 7) is 3.08. The van der Waals surface area contributed by atoms with Crippen LogP contribution in [0.4, 0.5) is 0 Å². The molecule has 2 N–H and O–H groups in total. The van der Waals surface area contributed by atoms with Crippen LogP contribution in [0.25, 0.3) is 16.8 Å². The van der Waals surface area contributed by atoms with Crippen LogP contribution < -0.4 is 5.32 Å². The van der Waals surface area contributed by atoms with Crippen molar-refractivity contribution in [2.45, 2.75) is 43.7 Å². The van der Waals surface area contributed by atoms with Crippen molar-refractivity contribution in [3.63, 3.8) is 0 Å². The van der Waals surface area contributed by atoms with E-state index >= 15 is 0 Å². The van der Waals surface area contributed by atoms with Crippen LogP contribution in [-0.4, -0.2) is 50.1 Å². The van der Waals surface area contributed by atoms with E-state index in [2.05, 4.69) is 41.8 Å². The normalized spacial score (nSPS) is 25.9. The lowest BCUT2D eigenvalue weighted by Gasteiger charge is -2.43. The molecule has 3 atom stereocenters. The molecule has 0 spiro atoms. The highest BCUT2D eigenvalue weighted by molar-refractivity contribution is 5.74. The Kier molecular flexibility index (Phi) is 4.32. The molecule has 0 aromatic carbocycles. The first-order valence-corrected chi connectivity index (χ1v) is 9.76. The monoisotopic (exact) mass is 398 g/mol. The number of carbonyl (C=O) groups is 1. The molecule has 1 saturated heterocycles. The number of aromatic amines is 1. The fourth-order valence-electron chi connectivity index (χ4n) is 4.90. The van der Waals surface area contributed by atoms with Gasteiger partial charge in [0.05, 0.1) is 36.9 Å². The number of imidazole rings is 1. The van der Waals surface area contributed by atoms with E-state index in [1.165, 1.54) is 5.69 Å². The SMILES string of the molecule is C[C@@H]1C[C@H](NC2(CC(=O)ON=O)COC2)C[C@@H]1c1cnc2cnc3[nH]ccc3n12. The van der Waals surface area contributed by atoms with Crippen LogP contribution in [0.1, 0.15) is 37.8 Å². The van der Waals surface area contributed by atoms with Crippen LogP contribution in [0.2, 0.25) is 0 Å². The lowest BCUT2D eigenvalue weighted by atomic mass is 9.91. The van der Waals surface area contributed by atoms with Gasteiger partial charge in [-0.3, -0.25) is 9.24 Å². The topological polar surface area (TPSA) is 123 Å². The molecular formula is C19H22N6O4. The highest BCUT2D eigenvalue weighted by Crippen LogP contribution is 2.41. The molecule has 0 radical (unpaired) electrons. The maximum atomic E-state index is 11.8. The van der Waals surface area contributed by atoms with Crippen LogP contribution in [-0.2, 0) is 14.4 Å². The third kappa shape index (κ3) is 3.08. The van der Waals surface area contributed by atoms with Crippen molar-refractivity contribution in [1.29, 1.82) is 0 Å². The number of aromatic nitrogens is 4. The summed E-state index contributed by atoms with van der Waals surface area (Å²) in [6.07, 6.45) is 7.58. The smallest absolute Gasteiger partial charge is 0.340 e. The summed E-state index contributed by atoms with van der Waals surface area (Å²) >= 11 is 0. The summed E-state index contributed by atoms with van der Waals surface area (Å²) in [5.41, 5.74) is 3.38. The number of ether oxygens (including phenoxy) is 1. The van der Waals surface area contributed by atoms with Crippen molar-refractivity contribution in [2.75, 3.05) is 13.2 Å². The minimum Gasteiger partial charge on any atom is -0.377 e. The molecule has 10 heteroatoms. The van der Waals surface area contributed by atoms with Crippen LogP contribution in [0, 0.1) is 10.8 Å². The van der Waals surface area contributed by atoms with Gasteiger partial charge in [0, 0.05) is 30.0 Å². The maximum Gasteiger partial charge on any atom is 0.340 e. The van der Waals surface area contributed by atoms with Crippen molar-refractivity contribution in [3.05, 3.63) is 35.3 Å². The summed E-state index contributed by atoms with van der Waals surface area (Å²) in [6, 6.07) is 2.24. The van der Waals surface area contributed by atoms with Crippen LogP contribution in [0.3, 0.4) is 0 Å². The van der Waals surface area contributed by atoms with Gasteiger partial charge in [0.25, 0.3) is 0 Å². The fourth-order valence-corrected chi connectivity index (χ4v) is 4.90. The average molecular weight is 398 g/mol. The second-order valence-electron chi connectivity index (χ2n) is 8.23. The number of carbonyl (C=O) groups excluding carboxylic acids is 1. The molecule has 2 fully saturated rings. The van der Waals surface area contributed by atoms with Gasteiger partial charge in [-0.25, -0.2) is 14.8 Å². The zero-order valence-electron chi connectivity index (χ0n) is 16.0. The van der Waals surface area contributed by atoms with Crippen LogP contribution >= 0.6 is 0 Å². The minimum absolute atomic E-state index is 0.0690. The second-order valence-corrected chi connectivity index (χ2v) is 8.23. The summed E-state index contributed by atoms with van der Waals surface area (Å²) in [5, 5.41) is 5.83. The lowest BCUT2D eigenvalue weighted by Crippen LogP contribution is -2.63. The van der Waals surface area contributed by atoms with E-state index in [0.717, 1.165) is 29.7 Å². The predicted molar refractivity (Wildman–Crippen MR) is 103 cm³/mol. The number of nitrogens with one attached hydrogen (secondary N) is 2. The van der Waals surface area contributed by atoms with Gasteiger partial charge in [-0.1, -0.05) is 6.92 Å². The Morgan fingerprint density at radius 2 is 2.28 bits per heavy atom. The zero-order valence-corrected chi connectivity index (χ0v) is 16.0. The molecular weight excluding hydrogens is 376 g/mol. The number of hydrogen-bond acceptors (Lipinski definition) is 8. The Morgan fingerprint density at radius 3 is 3.03 bits per heavy atom. The largest absolute Gasteiger partial charge is 0.377 e. The minimum atomic E-state index is -0.637. The first-order valence-electron chi connectivity index (χ1n) is 9.76. The number of H-pyrrole nitrogens is 1. The standard InChI is InChI=1S/C19H22N6O4/c1-11-4-12(23-19(9-28-10-19)6-17(26)29-24-27)5-13(11)15-7-21-16-8-22-18-14(25(15)16)2-3-20-18/h2-3,7-8,11-13,20,23H,4-6,9-10H2,1H3/t11-,12+,13+/m1/s1. The van der Waals surface area contributed by atoms with Gasteiger partial charge in [0.15, 0.2) is 16.6 Å². The number of rotatable bonds is 6. The van der Waals surface area contributed by atoms with Crippen molar-refractivity contribution < 1.29 is 14.4 Å². The lowest BCUT2D eigenvalue weighted by molar-refractivity contribution is -0.154. The highest BCUT2D eigenvalue weighted by atomic mass is 16.7. The van der Waals surface area contributed by atoms with Crippen LogP contribution in [0.15, 0.2) is 30.0 Å². The van der Waals surface area contributed by atoms with Gasteiger partial charge in [-0.05, 0) is 24.8 Å². The van der Waals surface area contributed by atoms with E-state index in [4.69, 9.17) is 4.74 Å². The van der Waals surface area contributed by atoms with Crippen LogP contribution in [0.5, 0.6) is 0 Å².